The lowest BCUT2D eigenvalue weighted by molar-refractivity contribution is -0.146. The molecule has 1 aromatic rings. The van der Waals surface area contributed by atoms with Crippen LogP contribution in [0.25, 0.3) is 0 Å². The second-order valence-electron chi connectivity index (χ2n) is 3.95. The summed E-state index contributed by atoms with van der Waals surface area (Å²) in [6.45, 7) is 3.35. The molecule has 0 bridgehead atoms. The molecule has 0 aliphatic rings. The van der Waals surface area contributed by atoms with Crippen molar-refractivity contribution in [2.24, 2.45) is 7.05 Å². The first-order chi connectivity index (χ1) is 6.91. The maximum absolute atomic E-state index is 11.8. The van der Waals surface area contributed by atoms with Gasteiger partial charge in [-0.2, -0.15) is 0 Å². The molecule has 0 radical (unpaired) electrons. The Morgan fingerprint density at radius 1 is 1.47 bits per heavy atom. The highest BCUT2D eigenvalue weighted by Crippen LogP contribution is 2.20. The first kappa shape index (κ1) is 11.5. The standard InChI is InChI=1S/C11H15NO3/c1-11(2,10(14)15-4)8-6-5-7-12(3)9(8)13/h5-7H,1-4H3. The van der Waals surface area contributed by atoms with Gasteiger partial charge in [-0.3, -0.25) is 9.59 Å². The van der Waals surface area contributed by atoms with Gasteiger partial charge in [0, 0.05) is 18.8 Å². The quantitative estimate of drug-likeness (QED) is 0.678. The second kappa shape index (κ2) is 3.88. The Morgan fingerprint density at radius 3 is 2.60 bits per heavy atom. The molecule has 0 aliphatic carbocycles. The SMILES string of the molecule is COC(=O)C(C)(C)c1cccn(C)c1=O. The van der Waals surface area contributed by atoms with E-state index >= 15 is 0 Å². The maximum Gasteiger partial charge on any atom is 0.315 e. The van der Waals surface area contributed by atoms with Crippen molar-refractivity contribution in [1.29, 1.82) is 0 Å². The van der Waals surface area contributed by atoms with Gasteiger partial charge in [0.15, 0.2) is 0 Å². The minimum atomic E-state index is -0.912. The molecule has 0 saturated carbocycles. The predicted octanol–water partition coefficient (Wildman–Crippen LogP) is 0.836. The molecule has 0 N–H and O–H groups in total. The van der Waals surface area contributed by atoms with Crippen molar-refractivity contribution in [1.82, 2.24) is 4.57 Å². The van der Waals surface area contributed by atoms with Crippen molar-refractivity contribution in [3.63, 3.8) is 0 Å². The average Bonchev–Trinajstić information content (AvgIpc) is 2.20. The number of hydrogen-bond acceptors (Lipinski definition) is 3. The van der Waals surface area contributed by atoms with E-state index in [9.17, 15) is 9.59 Å². The highest BCUT2D eigenvalue weighted by atomic mass is 16.5. The van der Waals surface area contributed by atoms with Gasteiger partial charge in [-0.15, -0.1) is 0 Å². The molecule has 82 valence electrons. The third-order valence-corrected chi connectivity index (χ3v) is 2.49. The molecule has 0 fully saturated rings. The van der Waals surface area contributed by atoms with E-state index in [1.165, 1.54) is 11.7 Å². The molecule has 0 aromatic carbocycles. The number of aryl methyl sites for hydroxylation is 1. The van der Waals surface area contributed by atoms with Crippen molar-refractivity contribution in [2.75, 3.05) is 7.11 Å². The van der Waals surface area contributed by atoms with E-state index in [0.29, 0.717) is 5.56 Å². The largest absolute Gasteiger partial charge is 0.468 e. The van der Waals surface area contributed by atoms with E-state index in [4.69, 9.17) is 0 Å². The van der Waals surface area contributed by atoms with E-state index < -0.39 is 11.4 Å². The maximum atomic E-state index is 11.8. The fourth-order valence-electron chi connectivity index (χ4n) is 1.44. The minimum Gasteiger partial charge on any atom is -0.468 e. The number of pyridine rings is 1. The Hall–Kier alpha value is -1.58. The van der Waals surface area contributed by atoms with Gasteiger partial charge in [-0.05, 0) is 19.9 Å². The third kappa shape index (κ3) is 1.93. The molecule has 0 aliphatic heterocycles. The number of nitrogens with zero attached hydrogens (tertiary/aromatic N) is 1. The Morgan fingerprint density at radius 2 is 2.07 bits per heavy atom. The summed E-state index contributed by atoms with van der Waals surface area (Å²) in [5.74, 6) is -0.411. The van der Waals surface area contributed by atoms with Crippen LogP contribution in [0.3, 0.4) is 0 Å². The number of ether oxygens (including phenoxy) is 1. The molecule has 1 aromatic heterocycles. The van der Waals surface area contributed by atoms with Crippen LogP contribution in [0.4, 0.5) is 0 Å². The smallest absolute Gasteiger partial charge is 0.315 e. The monoisotopic (exact) mass is 209 g/mol. The molecular weight excluding hydrogens is 194 g/mol. The van der Waals surface area contributed by atoms with Gasteiger partial charge in [-0.25, -0.2) is 0 Å². The molecule has 4 nitrogen and oxygen atoms in total. The molecule has 1 heterocycles. The summed E-state index contributed by atoms with van der Waals surface area (Å²) in [5.41, 5.74) is -0.641. The summed E-state index contributed by atoms with van der Waals surface area (Å²) < 4.78 is 6.12. The van der Waals surface area contributed by atoms with E-state index in [2.05, 4.69) is 4.74 Å². The van der Waals surface area contributed by atoms with Crippen molar-refractivity contribution in [3.05, 3.63) is 34.2 Å². The molecule has 0 saturated heterocycles. The van der Waals surface area contributed by atoms with Crippen LogP contribution in [-0.4, -0.2) is 17.6 Å². The third-order valence-electron chi connectivity index (χ3n) is 2.49. The van der Waals surface area contributed by atoms with Crippen molar-refractivity contribution < 1.29 is 9.53 Å². The lowest BCUT2D eigenvalue weighted by atomic mass is 9.85. The fourth-order valence-corrected chi connectivity index (χ4v) is 1.44. The number of carbonyl (C=O) groups is 1. The molecule has 15 heavy (non-hydrogen) atoms. The summed E-state index contributed by atoms with van der Waals surface area (Å²) in [7, 11) is 2.97. The van der Waals surface area contributed by atoms with Crippen LogP contribution in [0.5, 0.6) is 0 Å². The van der Waals surface area contributed by atoms with E-state index in [1.807, 2.05) is 0 Å². The van der Waals surface area contributed by atoms with E-state index in [-0.39, 0.29) is 5.56 Å². The van der Waals surface area contributed by atoms with Crippen LogP contribution in [0.15, 0.2) is 23.1 Å². The second-order valence-corrected chi connectivity index (χ2v) is 3.95. The summed E-state index contributed by atoms with van der Waals surface area (Å²) >= 11 is 0. The highest BCUT2D eigenvalue weighted by Gasteiger charge is 2.33. The lowest BCUT2D eigenvalue weighted by Gasteiger charge is -2.21. The molecule has 0 atom stereocenters. The zero-order valence-electron chi connectivity index (χ0n) is 9.40. The molecule has 0 spiro atoms. The Balaban J connectivity index is 3.33. The molecule has 0 unspecified atom stereocenters. The summed E-state index contributed by atoms with van der Waals surface area (Å²) in [5, 5.41) is 0. The summed E-state index contributed by atoms with van der Waals surface area (Å²) in [6, 6.07) is 3.39. The van der Waals surface area contributed by atoms with E-state index in [0.717, 1.165) is 0 Å². The first-order valence-corrected chi connectivity index (χ1v) is 4.65. The average molecular weight is 209 g/mol. The number of esters is 1. The molecule has 1 rings (SSSR count). The minimum absolute atomic E-state index is 0.173. The van der Waals surface area contributed by atoms with Crippen LogP contribution < -0.4 is 5.56 Å². The number of rotatable bonds is 2. The predicted molar refractivity (Wildman–Crippen MR) is 56.7 cm³/mol. The van der Waals surface area contributed by atoms with Gasteiger partial charge < -0.3 is 9.30 Å². The number of hydrogen-bond donors (Lipinski definition) is 0. The van der Waals surface area contributed by atoms with Crippen LogP contribution >= 0.6 is 0 Å². The Labute approximate surface area is 88.5 Å². The van der Waals surface area contributed by atoms with Gasteiger partial charge in [0.2, 0.25) is 0 Å². The Bertz CT molecular complexity index is 432. The van der Waals surface area contributed by atoms with E-state index in [1.54, 1.807) is 39.2 Å². The molecule has 0 amide bonds. The van der Waals surface area contributed by atoms with Crippen LogP contribution in [0, 0.1) is 0 Å². The molecular formula is C11H15NO3. The van der Waals surface area contributed by atoms with Crippen LogP contribution in [0.2, 0.25) is 0 Å². The zero-order chi connectivity index (χ0) is 11.6. The van der Waals surface area contributed by atoms with Crippen molar-refractivity contribution in [3.8, 4) is 0 Å². The lowest BCUT2D eigenvalue weighted by Crippen LogP contribution is -2.37. The fraction of sp³-hybridized carbons (Fsp3) is 0.455. The van der Waals surface area contributed by atoms with Crippen molar-refractivity contribution in [2.45, 2.75) is 19.3 Å². The normalized spacial score (nSPS) is 11.2. The van der Waals surface area contributed by atoms with Gasteiger partial charge in [0.05, 0.1) is 12.5 Å². The van der Waals surface area contributed by atoms with Crippen LogP contribution in [-0.2, 0) is 22.0 Å². The zero-order valence-corrected chi connectivity index (χ0v) is 9.40. The molecule has 4 heteroatoms. The first-order valence-electron chi connectivity index (χ1n) is 4.65. The highest BCUT2D eigenvalue weighted by molar-refractivity contribution is 5.81. The van der Waals surface area contributed by atoms with Crippen molar-refractivity contribution >= 4 is 5.97 Å². The Kier molecular flexibility index (Phi) is 2.98. The van der Waals surface area contributed by atoms with Gasteiger partial charge in [-0.1, -0.05) is 6.07 Å². The summed E-state index contributed by atoms with van der Waals surface area (Å²) in [6.07, 6.45) is 1.65. The van der Waals surface area contributed by atoms with Gasteiger partial charge in [0.25, 0.3) is 5.56 Å². The van der Waals surface area contributed by atoms with Gasteiger partial charge in [0.1, 0.15) is 0 Å². The summed E-state index contributed by atoms with van der Waals surface area (Å²) in [4.78, 5) is 23.3. The topological polar surface area (TPSA) is 48.3 Å². The number of aromatic nitrogens is 1. The number of carbonyl (C=O) groups excluding carboxylic acids is 1. The number of methoxy groups -OCH3 is 1. The van der Waals surface area contributed by atoms with Crippen LogP contribution in [0.1, 0.15) is 19.4 Å². The van der Waals surface area contributed by atoms with Gasteiger partial charge >= 0.3 is 5.97 Å².